The first-order chi connectivity index (χ1) is 8.69. The molecule has 0 amide bonds. The van der Waals surface area contributed by atoms with Crippen molar-refractivity contribution in [3.05, 3.63) is 46.2 Å². The van der Waals surface area contributed by atoms with E-state index in [9.17, 15) is 5.11 Å². The van der Waals surface area contributed by atoms with Crippen LogP contribution in [0.3, 0.4) is 0 Å². The quantitative estimate of drug-likeness (QED) is 0.901. The van der Waals surface area contributed by atoms with Gasteiger partial charge in [0.2, 0.25) is 0 Å². The van der Waals surface area contributed by atoms with Gasteiger partial charge < -0.3 is 14.6 Å². The monoisotopic (exact) mass is 264 g/mol. The molecule has 0 aliphatic heterocycles. The lowest BCUT2D eigenvalue weighted by Gasteiger charge is -2.11. The molecule has 0 radical (unpaired) electrons. The Hall–Kier alpha value is -1.52. The molecular weight excluding hydrogens is 248 g/mol. The number of thiophene rings is 1. The van der Waals surface area contributed by atoms with Crippen molar-refractivity contribution >= 4 is 11.3 Å². The average molecular weight is 264 g/mol. The zero-order valence-corrected chi connectivity index (χ0v) is 11.2. The van der Waals surface area contributed by atoms with Gasteiger partial charge in [0.25, 0.3) is 0 Å². The summed E-state index contributed by atoms with van der Waals surface area (Å²) in [6, 6.07) is 11.3. The molecule has 3 nitrogen and oxygen atoms in total. The molecule has 0 fully saturated rings. The molecule has 18 heavy (non-hydrogen) atoms. The molecule has 0 aliphatic rings. The maximum atomic E-state index is 9.98. The van der Waals surface area contributed by atoms with Crippen molar-refractivity contribution in [3.63, 3.8) is 0 Å². The lowest BCUT2D eigenvalue weighted by atomic mass is 10.3. The molecule has 0 aliphatic carbocycles. The van der Waals surface area contributed by atoms with Crippen molar-refractivity contribution in [1.82, 2.24) is 0 Å². The Labute approximate surface area is 111 Å². The van der Waals surface area contributed by atoms with Gasteiger partial charge >= 0.3 is 0 Å². The van der Waals surface area contributed by atoms with Gasteiger partial charge in [0.1, 0.15) is 24.2 Å². The summed E-state index contributed by atoms with van der Waals surface area (Å²) in [5.41, 5.74) is 0. The second kappa shape index (κ2) is 5.89. The molecular formula is C14H16O3S. The fourth-order valence-corrected chi connectivity index (χ4v) is 2.43. The highest BCUT2D eigenvalue weighted by atomic mass is 32.1. The van der Waals surface area contributed by atoms with Crippen LogP contribution < -0.4 is 9.47 Å². The molecule has 1 atom stereocenters. The summed E-state index contributed by atoms with van der Waals surface area (Å²) in [6.45, 7) is 2.26. The lowest BCUT2D eigenvalue weighted by Crippen LogP contribution is -2.08. The summed E-state index contributed by atoms with van der Waals surface area (Å²) in [7, 11) is 1.61. The van der Waals surface area contributed by atoms with E-state index < -0.39 is 6.10 Å². The fourth-order valence-electron chi connectivity index (χ4n) is 1.58. The molecule has 1 unspecified atom stereocenters. The summed E-state index contributed by atoms with van der Waals surface area (Å²) in [6.07, 6.45) is -0.588. The smallest absolute Gasteiger partial charge is 0.123 e. The van der Waals surface area contributed by atoms with Crippen LogP contribution in [0.15, 0.2) is 36.4 Å². The van der Waals surface area contributed by atoms with Crippen LogP contribution in [0.2, 0.25) is 0 Å². The molecule has 4 heteroatoms. The van der Waals surface area contributed by atoms with Crippen LogP contribution in [0, 0.1) is 6.92 Å². The Balaban J connectivity index is 1.94. The largest absolute Gasteiger partial charge is 0.497 e. The number of hydrogen-bond acceptors (Lipinski definition) is 4. The van der Waals surface area contributed by atoms with Gasteiger partial charge in [0.05, 0.1) is 7.11 Å². The number of hydrogen-bond donors (Lipinski definition) is 1. The van der Waals surface area contributed by atoms with E-state index in [0.717, 1.165) is 10.6 Å². The van der Waals surface area contributed by atoms with E-state index in [0.29, 0.717) is 5.75 Å². The zero-order chi connectivity index (χ0) is 13.0. The third-order valence-electron chi connectivity index (χ3n) is 2.54. The third kappa shape index (κ3) is 3.24. The molecule has 0 spiro atoms. The van der Waals surface area contributed by atoms with Crippen LogP contribution in [-0.2, 0) is 0 Å². The van der Waals surface area contributed by atoms with Crippen LogP contribution in [0.4, 0.5) is 0 Å². The van der Waals surface area contributed by atoms with Gasteiger partial charge in [0.15, 0.2) is 0 Å². The number of aliphatic hydroxyl groups is 1. The van der Waals surface area contributed by atoms with Crippen molar-refractivity contribution < 1.29 is 14.6 Å². The molecule has 96 valence electrons. The Bertz CT molecular complexity index is 507. The van der Waals surface area contributed by atoms with Crippen LogP contribution in [-0.4, -0.2) is 18.8 Å². The minimum absolute atomic E-state index is 0.243. The first-order valence-corrected chi connectivity index (χ1v) is 6.52. The highest BCUT2D eigenvalue weighted by Gasteiger charge is 2.10. The molecule has 1 N–H and O–H groups in total. The van der Waals surface area contributed by atoms with E-state index in [2.05, 4.69) is 0 Å². The fraction of sp³-hybridized carbons (Fsp3) is 0.286. The van der Waals surface area contributed by atoms with E-state index >= 15 is 0 Å². The minimum atomic E-state index is -0.588. The van der Waals surface area contributed by atoms with E-state index in [-0.39, 0.29) is 6.61 Å². The SMILES string of the molecule is COc1cccc(OCC(O)c2ccc(C)s2)c1. The number of ether oxygens (including phenoxy) is 2. The Kier molecular flexibility index (Phi) is 4.23. The van der Waals surface area contributed by atoms with Gasteiger partial charge in [-0.05, 0) is 31.2 Å². The van der Waals surface area contributed by atoms with Crippen molar-refractivity contribution in [2.75, 3.05) is 13.7 Å². The van der Waals surface area contributed by atoms with E-state index in [1.54, 1.807) is 24.5 Å². The molecule has 0 saturated heterocycles. The molecule has 2 rings (SSSR count). The highest BCUT2D eigenvalue weighted by Crippen LogP contribution is 2.24. The number of methoxy groups -OCH3 is 1. The first-order valence-electron chi connectivity index (χ1n) is 5.70. The van der Waals surface area contributed by atoms with Gasteiger partial charge in [-0.1, -0.05) is 6.07 Å². The molecule has 1 aromatic carbocycles. The average Bonchev–Trinajstić information content (AvgIpc) is 2.83. The van der Waals surface area contributed by atoms with Crippen LogP contribution >= 0.6 is 11.3 Å². The summed E-state index contributed by atoms with van der Waals surface area (Å²) in [4.78, 5) is 2.11. The van der Waals surface area contributed by atoms with Gasteiger partial charge in [-0.15, -0.1) is 11.3 Å². The van der Waals surface area contributed by atoms with Gasteiger partial charge in [-0.25, -0.2) is 0 Å². The zero-order valence-electron chi connectivity index (χ0n) is 10.4. The van der Waals surface area contributed by atoms with E-state index in [1.165, 1.54) is 4.88 Å². The number of rotatable bonds is 5. The van der Waals surface area contributed by atoms with Gasteiger partial charge in [-0.2, -0.15) is 0 Å². The Morgan fingerprint density at radius 3 is 2.67 bits per heavy atom. The van der Waals surface area contributed by atoms with E-state index in [4.69, 9.17) is 9.47 Å². The highest BCUT2D eigenvalue weighted by molar-refractivity contribution is 7.12. The van der Waals surface area contributed by atoms with Crippen molar-refractivity contribution in [2.24, 2.45) is 0 Å². The number of aryl methyl sites for hydroxylation is 1. The summed E-state index contributed by atoms with van der Waals surface area (Å²) < 4.78 is 10.7. The van der Waals surface area contributed by atoms with Crippen LogP contribution in [0.1, 0.15) is 15.9 Å². The molecule has 1 heterocycles. The maximum absolute atomic E-state index is 9.98. The molecule has 0 bridgehead atoms. The van der Waals surface area contributed by atoms with Crippen LogP contribution in [0.25, 0.3) is 0 Å². The summed E-state index contributed by atoms with van der Waals surface area (Å²) >= 11 is 1.58. The molecule has 1 aromatic heterocycles. The Morgan fingerprint density at radius 1 is 1.22 bits per heavy atom. The van der Waals surface area contributed by atoms with Gasteiger partial charge in [0, 0.05) is 15.8 Å². The minimum Gasteiger partial charge on any atom is -0.497 e. The lowest BCUT2D eigenvalue weighted by molar-refractivity contribution is 0.111. The molecule has 0 saturated carbocycles. The normalized spacial score (nSPS) is 12.2. The molecule has 2 aromatic rings. The van der Waals surface area contributed by atoms with Crippen molar-refractivity contribution in [2.45, 2.75) is 13.0 Å². The third-order valence-corrected chi connectivity index (χ3v) is 3.64. The predicted molar refractivity (Wildman–Crippen MR) is 72.5 cm³/mol. The van der Waals surface area contributed by atoms with Crippen LogP contribution in [0.5, 0.6) is 11.5 Å². The van der Waals surface area contributed by atoms with Crippen molar-refractivity contribution in [1.29, 1.82) is 0 Å². The van der Waals surface area contributed by atoms with Crippen molar-refractivity contribution in [3.8, 4) is 11.5 Å². The number of benzene rings is 1. The predicted octanol–water partition coefficient (Wildman–Crippen LogP) is 3.18. The first kappa shape index (κ1) is 12.9. The Morgan fingerprint density at radius 2 is 2.00 bits per heavy atom. The second-order valence-corrected chi connectivity index (χ2v) is 5.27. The van der Waals surface area contributed by atoms with E-state index in [1.807, 2.05) is 37.3 Å². The summed E-state index contributed by atoms with van der Waals surface area (Å²) in [5, 5.41) is 9.98. The second-order valence-electron chi connectivity index (χ2n) is 3.95. The maximum Gasteiger partial charge on any atom is 0.123 e. The topological polar surface area (TPSA) is 38.7 Å². The summed E-state index contributed by atoms with van der Waals surface area (Å²) in [5.74, 6) is 1.44. The standard InChI is InChI=1S/C14H16O3S/c1-10-6-7-14(18-10)13(15)9-17-12-5-3-4-11(8-12)16-2/h3-8,13,15H,9H2,1-2H3. The van der Waals surface area contributed by atoms with Gasteiger partial charge in [-0.3, -0.25) is 0 Å². The number of aliphatic hydroxyl groups excluding tert-OH is 1.